The molecule has 0 unspecified atom stereocenters. The Bertz CT molecular complexity index is 113. The van der Waals surface area contributed by atoms with Crippen molar-refractivity contribution in [1.29, 1.82) is 0 Å². The molecule has 6 heteroatoms. The lowest BCUT2D eigenvalue weighted by Gasteiger charge is -1.94. The Hall–Kier alpha value is 1.84. The molecule has 0 N–H and O–H groups in total. The predicted octanol–water partition coefficient (Wildman–Crippen LogP) is 5.64. The van der Waals surface area contributed by atoms with Crippen molar-refractivity contribution in [3.8, 4) is 0 Å². The molecule has 0 aliphatic heterocycles. The van der Waals surface area contributed by atoms with Gasteiger partial charge in [-0.25, -0.2) is 0 Å². The molecular weight excluding hydrogens is 288 g/mol. The van der Waals surface area contributed by atoms with E-state index < -0.39 is 0 Å². The maximum Gasteiger partial charge on any atom is 0.0226 e. The van der Waals surface area contributed by atoms with Crippen LogP contribution in [0.3, 0.4) is 0 Å². The van der Waals surface area contributed by atoms with Crippen molar-refractivity contribution < 1.29 is 0 Å². The van der Waals surface area contributed by atoms with Crippen molar-refractivity contribution in [3.05, 3.63) is 12.2 Å². The van der Waals surface area contributed by atoms with E-state index >= 15 is 0 Å². The van der Waals surface area contributed by atoms with E-state index in [-0.39, 0.29) is 0 Å². The second-order valence-corrected chi connectivity index (χ2v) is 11.1. The lowest BCUT2D eigenvalue weighted by atomic mass is 10.6. The van der Waals surface area contributed by atoms with E-state index in [1.807, 2.05) is 62.8 Å². The van der Waals surface area contributed by atoms with Gasteiger partial charge in [0.2, 0.25) is 0 Å². The summed E-state index contributed by atoms with van der Waals surface area (Å²) in [7, 11) is 11.4. The van der Waals surface area contributed by atoms with Gasteiger partial charge in [-0.3, -0.25) is 0 Å². The molecule has 0 atom stereocenters. The molecule has 0 saturated carbocycles. The first-order chi connectivity index (χ1) is 6.91. The van der Waals surface area contributed by atoms with Gasteiger partial charge >= 0.3 is 0 Å². The molecule has 0 aliphatic rings. The van der Waals surface area contributed by atoms with E-state index in [0.717, 1.165) is 11.5 Å². The summed E-state index contributed by atoms with van der Waals surface area (Å²) >= 11 is 0. The van der Waals surface area contributed by atoms with Crippen molar-refractivity contribution in [1.82, 2.24) is 0 Å². The molecule has 0 amide bonds. The molecule has 14 heavy (non-hydrogen) atoms. The quantitative estimate of drug-likeness (QED) is 0.289. The third-order valence-electron chi connectivity index (χ3n) is 0.923. The smallest absolute Gasteiger partial charge is 0.0226 e. The molecule has 0 aromatic carbocycles. The van der Waals surface area contributed by atoms with Crippen molar-refractivity contribution in [2.45, 2.75) is 13.8 Å². The monoisotopic (exact) mass is 304 g/mol. The van der Waals surface area contributed by atoms with E-state index in [4.69, 9.17) is 0 Å². The minimum atomic E-state index is 1.13. The zero-order valence-corrected chi connectivity index (χ0v) is 13.3. The molecule has 0 rings (SSSR count). The van der Waals surface area contributed by atoms with Crippen LogP contribution in [0, 0.1) is 0 Å². The largest absolute Gasteiger partial charge is 0.0828 e. The van der Waals surface area contributed by atoms with Gasteiger partial charge in [-0.05, 0) is 19.7 Å². The summed E-state index contributed by atoms with van der Waals surface area (Å²) in [6, 6.07) is 0. The van der Waals surface area contributed by atoms with Crippen LogP contribution in [-0.4, -0.2) is 23.0 Å². The van der Waals surface area contributed by atoms with Crippen LogP contribution in [0.25, 0.3) is 0 Å². The maximum absolute atomic E-state index is 2.26. The first kappa shape index (κ1) is 15.8. The van der Waals surface area contributed by atoms with Crippen LogP contribution in [0.15, 0.2) is 12.2 Å². The number of hydrogen-bond donors (Lipinski definition) is 0. The highest BCUT2D eigenvalue weighted by molar-refractivity contribution is 9.09. The van der Waals surface area contributed by atoms with Crippen LogP contribution in [0.2, 0.25) is 0 Å². The highest BCUT2D eigenvalue weighted by Crippen LogP contribution is 2.35. The van der Waals surface area contributed by atoms with Crippen LogP contribution in [-0.2, 0) is 0 Å². The second-order valence-electron chi connectivity index (χ2n) is 1.99. The minimum absolute atomic E-state index is 1.13. The van der Waals surface area contributed by atoms with E-state index in [2.05, 4.69) is 26.0 Å². The second kappa shape index (κ2) is 14.8. The van der Waals surface area contributed by atoms with Crippen LogP contribution in [0.1, 0.15) is 13.8 Å². The van der Waals surface area contributed by atoms with Gasteiger partial charge in [0.1, 0.15) is 0 Å². The molecule has 84 valence electrons. The van der Waals surface area contributed by atoms with Gasteiger partial charge in [-0.15, -0.1) is 0 Å². The van der Waals surface area contributed by atoms with Crippen molar-refractivity contribution >= 4 is 62.8 Å². The molecule has 0 aromatic heterocycles. The van der Waals surface area contributed by atoms with Crippen molar-refractivity contribution in [3.63, 3.8) is 0 Å². The zero-order valence-electron chi connectivity index (χ0n) is 8.43. The molecule has 0 nitrogen and oxygen atoms in total. The summed E-state index contributed by atoms with van der Waals surface area (Å²) < 4.78 is 0. The summed E-state index contributed by atoms with van der Waals surface area (Å²) in [5.74, 6) is 4.65. The van der Waals surface area contributed by atoms with E-state index in [1.165, 1.54) is 11.5 Å². The van der Waals surface area contributed by atoms with Gasteiger partial charge in [0.15, 0.2) is 0 Å². The minimum Gasteiger partial charge on any atom is -0.0828 e. The highest BCUT2D eigenvalue weighted by Gasteiger charge is 1.87. The zero-order chi connectivity index (χ0) is 10.5. The van der Waals surface area contributed by atoms with Crippen molar-refractivity contribution in [2.24, 2.45) is 0 Å². The van der Waals surface area contributed by atoms with Gasteiger partial charge in [0.25, 0.3) is 0 Å². The van der Waals surface area contributed by atoms with Gasteiger partial charge in [-0.1, -0.05) is 69.2 Å². The van der Waals surface area contributed by atoms with Crippen LogP contribution in [0.4, 0.5) is 0 Å². The summed E-state index contributed by atoms with van der Waals surface area (Å²) in [5.41, 5.74) is 0. The molecule has 0 aliphatic carbocycles. The topological polar surface area (TPSA) is 0 Å². The summed E-state index contributed by atoms with van der Waals surface area (Å²) in [5, 5.41) is 0. The van der Waals surface area contributed by atoms with Crippen molar-refractivity contribution in [2.75, 3.05) is 23.0 Å². The van der Waals surface area contributed by atoms with E-state index in [9.17, 15) is 0 Å². The summed E-state index contributed by atoms with van der Waals surface area (Å²) in [4.78, 5) is 0. The average molecular weight is 305 g/mol. The van der Waals surface area contributed by atoms with E-state index in [1.54, 1.807) is 0 Å². The third kappa shape index (κ3) is 13.8. The Morgan fingerprint density at radius 1 is 0.714 bits per heavy atom. The number of rotatable bonds is 10. The lowest BCUT2D eigenvalue weighted by Crippen LogP contribution is -1.68. The van der Waals surface area contributed by atoms with Gasteiger partial charge in [0, 0.05) is 23.0 Å². The Labute approximate surface area is 111 Å². The van der Waals surface area contributed by atoms with Crippen LogP contribution in [0.5, 0.6) is 0 Å². The lowest BCUT2D eigenvalue weighted by molar-refractivity contribution is 1.54. The first-order valence-electron chi connectivity index (χ1n) is 4.39. The molecule has 0 fully saturated rings. The summed E-state index contributed by atoms with van der Waals surface area (Å²) in [6.45, 7) is 4.38. The molecule has 0 spiro atoms. The van der Waals surface area contributed by atoms with Gasteiger partial charge in [0.05, 0.1) is 0 Å². The standard InChI is InChI=1S/C8H16S6/c1-3-9-13-11-7-5-6-8-12-14-10-4-2/h5-6H,3-4,7-8H2,1-2H3/b6-5+. The van der Waals surface area contributed by atoms with E-state index in [0.29, 0.717) is 0 Å². The SMILES string of the molecule is CCSSSC/C=C/CSSSCC. The Kier molecular flexibility index (Phi) is 16.8. The van der Waals surface area contributed by atoms with Crippen LogP contribution >= 0.6 is 62.8 Å². The maximum atomic E-state index is 2.26. The Morgan fingerprint density at radius 2 is 1.14 bits per heavy atom. The average Bonchev–Trinajstić information content (AvgIpc) is 2.21. The summed E-state index contributed by atoms with van der Waals surface area (Å²) in [6.07, 6.45) is 4.52. The fourth-order valence-electron chi connectivity index (χ4n) is 0.434. The predicted molar refractivity (Wildman–Crippen MR) is 85.5 cm³/mol. The third-order valence-corrected chi connectivity index (χ3v) is 9.29. The first-order valence-corrected chi connectivity index (χ1v) is 12.0. The molecule has 0 heterocycles. The van der Waals surface area contributed by atoms with Gasteiger partial charge in [-0.2, -0.15) is 0 Å². The molecule has 0 bridgehead atoms. The fraction of sp³-hybridized carbons (Fsp3) is 0.750. The Balaban J connectivity index is 2.96. The Morgan fingerprint density at radius 3 is 1.50 bits per heavy atom. The van der Waals surface area contributed by atoms with Gasteiger partial charge < -0.3 is 0 Å². The van der Waals surface area contributed by atoms with Crippen LogP contribution < -0.4 is 0 Å². The molecule has 0 saturated heterocycles. The normalized spacial score (nSPS) is 11.3. The molecular formula is C8H16S6. The number of hydrogen-bond acceptors (Lipinski definition) is 6. The molecule has 0 radical (unpaired) electrons. The highest BCUT2D eigenvalue weighted by atomic mass is 33.5. The molecule has 0 aromatic rings. The fourth-order valence-corrected chi connectivity index (χ4v) is 7.05.